The van der Waals surface area contributed by atoms with Crippen LogP contribution >= 0.6 is 0 Å². The molecule has 0 aromatic rings. The zero-order chi connectivity index (χ0) is 14.4. The van der Waals surface area contributed by atoms with Crippen molar-refractivity contribution in [2.45, 2.75) is 78.1 Å². The van der Waals surface area contributed by atoms with Gasteiger partial charge in [-0.2, -0.15) is 8.42 Å². The summed E-state index contributed by atoms with van der Waals surface area (Å²) >= 11 is 0. The Morgan fingerprint density at radius 2 is 1.26 bits per heavy atom. The first-order valence-corrected chi connectivity index (χ1v) is 9.24. The van der Waals surface area contributed by atoms with Crippen molar-refractivity contribution in [3.8, 4) is 0 Å². The van der Waals surface area contributed by atoms with Gasteiger partial charge in [0.15, 0.2) is 0 Å². The highest BCUT2D eigenvalue weighted by molar-refractivity contribution is 7.87. The minimum absolute atomic E-state index is 0.407. The molecule has 5 heteroatoms. The molecule has 1 radical (unpaired) electrons. The van der Waals surface area contributed by atoms with Gasteiger partial charge < -0.3 is 0 Å². The number of hydrogen-bond donors (Lipinski definition) is 1. The van der Waals surface area contributed by atoms with Gasteiger partial charge in [0, 0.05) is 13.1 Å². The highest BCUT2D eigenvalue weighted by Crippen LogP contribution is 2.10. The lowest BCUT2D eigenvalue weighted by Gasteiger charge is -2.04. The summed E-state index contributed by atoms with van der Waals surface area (Å²) in [6.07, 6.45) is 12.5. The van der Waals surface area contributed by atoms with Gasteiger partial charge in [-0.25, -0.2) is 4.72 Å². The molecule has 0 amide bonds. The Balaban J connectivity index is 3.19. The summed E-state index contributed by atoms with van der Waals surface area (Å²) in [6, 6.07) is 0. The molecular weight excluding hydrogens is 260 g/mol. The van der Waals surface area contributed by atoms with Crippen molar-refractivity contribution >= 4 is 10.2 Å². The minimum atomic E-state index is -3.37. The molecule has 0 rings (SSSR count). The molecule has 0 aromatic carbocycles. The van der Waals surface area contributed by atoms with E-state index in [1.165, 1.54) is 51.4 Å². The minimum Gasteiger partial charge on any atom is -0.201 e. The lowest BCUT2D eigenvalue weighted by atomic mass is 10.1. The van der Waals surface area contributed by atoms with Crippen LogP contribution in [0.15, 0.2) is 0 Å². The third-order valence-corrected chi connectivity index (χ3v) is 4.28. The van der Waals surface area contributed by atoms with Crippen molar-refractivity contribution in [3.05, 3.63) is 0 Å². The van der Waals surface area contributed by atoms with E-state index in [-0.39, 0.29) is 0 Å². The van der Waals surface area contributed by atoms with Crippen LogP contribution in [0.3, 0.4) is 0 Å². The van der Waals surface area contributed by atoms with Crippen molar-refractivity contribution in [1.29, 1.82) is 0 Å². The molecule has 115 valence electrons. The Labute approximate surface area is 119 Å². The fourth-order valence-corrected chi connectivity index (χ4v) is 2.84. The number of hydrogen-bond acceptors (Lipinski definition) is 2. The summed E-state index contributed by atoms with van der Waals surface area (Å²) in [7, 11) is -3.37. The molecule has 4 nitrogen and oxygen atoms in total. The largest absolute Gasteiger partial charge is 0.293 e. The number of unbranched alkanes of at least 4 members (excludes halogenated alkanes) is 9. The second-order valence-electron chi connectivity index (χ2n) is 5.01. The molecule has 0 fully saturated rings. The van der Waals surface area contributed by atoms with Gasteiger partial charge in [0.1, 0.15) is 0 Å². The number of nitrogens with one attached hydrogen (secondary N) is 1. The van der Waals surface area contributed by atoms with E-state index < -0.39 is 10.2 Å². The van der Waals surface area contributed by atoms with Crippen LogP contribution in [0.2, 0.25) is 0 Å². The third kappa shape index (κ3) is 14.1. The number of rotatable bonds is 14. The molecule has 0 saturated carbocycles. The molecule has 0 atom stereocenters. The lowest BCUT2D eigenvalue weighted by Crippen LogP contribution is -2.31. The van der Waals surface area contributed by atoms with Gasteiger partial charge in [0.05, 0.1) is 0 Å². The summed E-state index contributed by atoms with van der Waals surface area (Å²) in [4.78, 5) is 0. The van der Waals surface area contributed by atoms with Gasteiger partial charge in [-0.1, -0.05) is 71.6 Å². The Morgan fingerprint density at radius 1 is 0.789 bits per heavy atom. The molecule has 0 aliphatic heterocycles. The van der Waals surface area contributed by atoms with Crippen LogP contribution in [0.4, 0.5) is 0 Å². The van der Waals surface area contributed by atoms with Crippen molar-refractivity contribution in [2.24, 2.45) is 0 Å². The maximum atomic E-state index is 11.2. The van der Waals surface area contributed by atoms with Crippen molar-refractivity contribution in [1.82, 2.24) is 9.44 Å². The molecule has 0 saturated heterocycles. The van der Waals surface area contributed by atoms with Crippen LogP contribution in [0.1, 0.15) is 78.1 Å². The van der Waals surface area contributed by atoms with E-state index in [4.69, 9.17) is 0 Å². The SMILES string of the molecule is CCCCCCCCCCCC[N]S(=O)(=O)NCC. The molecular formula is C14H31N2O2S. The molecule has 0 bridgehead atoms. The van der Waals surface area contributed by atoms with Crippen LogP contribution in [-0.4, -0.2) is 21.5 Å². The second kappa shape index (κ2) is 12.9. The fourth-order valence-electron chi connectivity index (χ4n) is 2.01. The number of nitrogens with zero attached hydrogens (tertiary/aromatic N) is 1. The van der Waals surface area contributed by atoms with Crippen LogP contribution in [0.5, 0.6) is 0 Å². The van der Waals surface area contributed by atoms with Crippen LogP contribution in [0, 0.1) is 0 Å². The summed E-state index contributed by atoms with van der Waals surface area (Å²) < 4.78 is 28.5. The predicted octanol–water partition coefficient (Wildman–Crippen LogP) is 3.37. The molecule has 0 aliphatic carbocycles. The van der Waals surface area contributed by atoms with Crippen molar-refractivity contribution in [3.63, 3.8) is 0 Å². The highest BCUT2D eigenvalue weighted by Gasteiger charge is 2.07. The first kappa shape index (κ1) is 18.9. The average molecular weight is 291 g/mol. The van der Waals surface area contributed by atoms with Gasteiger partial charge in [-0.15, -0.1) is 4.72 Å². The fraction of sp³-hybridized carbons (Fsp3) is 1.00. The molecule has 0 spiro atoms. The van der Waals surface area contributed by atoms with Crippen LogP contribution in [0.25, 0.3) is 0 Å². The summed E-state index contributed by atoms with van der Waals surface area (Å²) in [5.41, 5.74) is 0. The van der Waals surface area contributed by atoms with Crippen LogP contribution in [-0.2, 0) is 10.2 Å². The molecule has 0 aromatic heterocycles. The standard InChI is InChI=1S/C14H31N2O2S/c1-3-5-6-7-8-9-10-11-12-13-14-16-19(17,18)15-4-2/h15H,3-14H2,1-2H3. The smallest absolute Gasteiger partial charge is 0.201 e. The normalized spacial score (nSPS) is 11.9. The average Bonchev–Trinajstić information content (AvgIpc) is 2.36. The quantitative estimate of drug-likeness (QED) is 0.499. The van der Waals surface area contributed by atoms with Gasteiger partial charge in [-0.3, -0.25) is 0 Å². The Kier molecular flexibility index (Phi) is 12.8. The molecule has 0 unspecified atom stereocenters. The Hall–Kier alpha value is -0.130. The third-order valence-electron chi connectivity index (χ3n) is 3.10. The van der Waals surface area contributed by atoms with E-state index in [1.807, 2.05) is 0 Å². The Bertz CT molecular complexity index is 279. The highest BCUT2D eigenvalue weighted by atomic mass is 32.2. The van der Waals surface area contributed by atoms with Crippen molar-refractivity contribution < 1.29 is 8.42 Å². The maximum absolute atomic E-state index is 11.2. The zero-order valence-corrected chi connectivity index (χ0v) is 13.5. The molecule has 0 aliphatic rings. The van der Waals surface area contributed by atoms with Gasteiger partial charge >= 0.3 is 0 Å². The van der Waals surface area contributed by atoms with E-state index in [2.05, 4.69) is 16.4 Å². The molecule has 1 N–H and O–H groups in total. The summed E-state index contributed by atoms with van der Waals surface area (Å²) in [5.74, 6) is 0. The van der Waals surface area contributed by atoms with E-state index in [0.717, 1.165) is 12.8 Å². The first-order valence-electron chi connectivity index (χ1n) is 7.80. The van der Waals surface area contributed by atoms with Crippen molar-refractivity contribution in [2.75, 3.05) is 13.1 Å². The van der Waals surface area contributed by atoms with E-state index in [0.29, 0.717) is 13.1 Å². The van der Waals surface area contributed by atoms with E-state index >= 15 is 0 Å². The molecule has 0 heterocycles. The van der Waals surface area contributed by atoms with E-state index in [1.54, 1.807) is 6.92 Å². The van der Waals surface area contributed by atoms with Gasteiger partial charge in [0.2, 0.25) is 0 Å². The summed E-state index contributed by atoms with van der Waals surface area (Å²) in [5, 5.41) is 0. The zero-order valence-electron chi connectivity index (χ0n) is 12.7. The Morgan fingerprint density at radius 3 is 1.74 bits per heavy atom. The van der Waals surface area contributed by atoms with Crippen LogP contribution < -0.4 is 9.44 Å². The topological polar surface area (TPSA) is 60.3 Å². The molecule has 19 heavy (non-hydrogen) atoms. The summed E-state index contributed by atoms with van der Waals surface area (Å²) in [6.45, 7) is 4.82. The van der Waals surface area contributed by atoms with E-state index in [9.17, 15) is 8.42 Å². The lowest BCUT2D eigenvalue weighted by molar-refractivity contribution is 0.543. The maximum Gasteiger partial charge on any atom is 0.293 e. The second-order valence-corrected chi connectivity index (χ2v) is 6.50. The predicted molar refractivity (Wildman–Crippen MR) is 81.4 cm³/mol. The van der Waals surface area contributed by atoms with Gasteiger partial charge in [0.25, 0.3) is 10.2 Å². The monoisotopic (exact) mass is 291 g/mol. The van der Waals surface area contributed by atoms with Gasteiger partial charge in [-0.05, 0) is 6.42 Å². The first-order chi connectivity index (χ1) is 9.12.